The Bertz CT molecular complexity index is 567. The van der Waals surface area contributed by atoms with E-state index in [0.29, 0.717) is 0 Å². The van der Waals surface area contributed by atoms with E-state index in [4.69, 9.17) is 6.57 Å². The van der Waals surface area contributed by atoms with Gasteiger partial charge >= 0.3 is 0 Å². The zero-order chi connectivity index (χ0) is 14.0. The first-order chi connectivity index (χ1) is 9.72. The van der Waals surface area contributed by atoms with E-state index in [-0.39, 0.29) is 11.6 Å². The van der Waals surface area contributed by atoms with E-state index in [1.54, 1.807) is 0 Å². The van der Waals surface area contributed by atoms with Gasteiger partial charge in [-0.1, -0.05) is 60.7 Å². The van der Waals surface area contributed by atoms with Crippen LogP contribution < -0.4 is 0 Å². The summed E-state index contributed by atoms with van der Waals surface area (Å²) < 4.78 is 0. The quantitative estimate of drug-likeness (QED) is 0.764. The third-order valence-electron chi connectivity index (χ3n) is 3.95. The third kappa shape index (κ3) is 2.33. The second-order valence-corrected chi connectivity index (χ2v) is 5.74. The molecule has 1 heterocycles. The van der Waals surface area contributed by atoms with Crippen molar-refractivity contribution < 1.29 is 0 Å². The molecule has 1 aliphatic rings. The minimum absolute atomic E-state index is 0.207. The molecular weight excluding hydrogens is 244 g/mol. The molecule has 2 aromatic carbocycles. The zero-order valence-corrected chi connectivity index (χ0v) is 11.7. The van der Waals surface area contributed by atoms with Crippen LogP contribution in [-0.4, -0.2) is 23.5 Å². The van der Waals surface area contributed by atoms with Crippen molar-refractivity contribution in [3.8, 4) is 0 Å². The van der Waals surface area contributed by atoms with Crippen LogP contribution in [0.4, 0.5) is 0 Å². The smallest absolute Gasteiger partial charge is 0.254 e. The molecule has 0 spiro atoms. The highest BCUT2D eigenvalue weighted by molar-refractivity contribution is 5.33. The van der Waals surface area contributed by atoms with Gasteiger partial charge in [-0.2, -0.15) is 0 Å². The standard InChI is InChI=1S/C18H18N2/c1-18(19-2)13-20(14-18)17(15-9-5-3-6-10-15)16-11-7-4-8-12-16/h3-12,17H,13-14H2,1H3. The molecule has 1 aliphatic heterocycles. The molecule has 0 N–H and O–H groups in total. The Morgan fingerprint density at radius 1 is 0.950 bits per heavy atom. The molecule has 0 aromatic heterocycles. The summed E-state index contributed by atoms with van der Waals surface area (Å²) in [6.07, 6.45) is 0. The van der Waals surface area contributed by atoms with E-state index in [1.807, 2.05) is 19.1 Å². The number of benzene rings is 2. The van der Waals surface area contributed by atoms with E-state index < -0.39 is 0 Å². The summed E-state index contributed by atoms with van der Waals surface area (Å²) in [6, 6.07) is 21.4. The van der Waals surface area contributed by atoms with Crippen LogP contribution >= 0.6 is 0 Å². The molecule has 2 nitrogen and oxygen atoms in total. The van der Waals surface area contributed by atoms with Gasteiger partial charge in [0.2, 0.25) is 0 Å². The average molecular weight is 262 g/mol. The molecule has 0 unspecified atom stereocenters. The van der Waals surface area contributed by atoms with Gasteiger partial charge in [-0.05, 0) is 11.1 Å². The summed E-state index contributed by atoms with van der Waals surface area (Å²) in [5.41, 5.74) is 2.39. The maximum absolute atomic E-state index is 7.30. The molecule has 2 heteroatoms. The van der Waals surface area contributed by atoms with Gasteiger partial charge in [0, 0.05) is 6.92 Å². The van der Waals surface area contributed by atoms with E-state index in [0.717, 1.165) is 13.1 Å². The van der Waals surface area contributed by atoms with Gasteiger partial charge in [-0.3, -0.25) is 4.90 Å². The first-order valence-electron chi connectivity index (χ1n) is 6.94. The SMILES string of the molecule is [C-]#[N+]C1(C)CN(C(c2ccccc2)c2ccccc2)C1. The fraction of sp³-hybridized carbons (Fsp3) is 0.278. The Morgan fingerprint density at radius 3 is 1.80 bits per heavy atom. The molecule has 0 bridgehead atoms. The summed E-state index contributed by atoms with van der Waals surface area (Å²) in [4.78, 5) is 6.15. The van der Waals surface area contributed by atoms with Crippen molar-refractivity contribution in [1.82, 2.24) is 4.90 Å². The highest BCUT2D eigenvalue weighted by Crippen LogP contribution is 2.37. The molecule has 0 saturated carbocycles. The van der Waals surface area contributed by atoms with Crippen molar-refractivity contribution >= 4 is 0 Å². The summed E-state index contributed by atoms with van der Waals surface area (Å²) in [5.74, 6) is 0. The van der Waals surface area contributed by atoms with Crippen molar-refractivity contribution in [3.05, 3.63) is 83.2 Å². The number of hydrogen-bond acceptors (Lipinski definition) is 1. The van der Waals surface area contributed by atoms with Crippen molar-refractivity contribution in [2.24, 2.45) is 0 Å². The van der Waals surface area contributed by atoms with Crippen molar-refractivity contribution in [2.75, 3.05) is 13.1 Å². The van der Waals surface area contributed by atoms with Crippen LogP contribution in [0.2, 0.25) is 0 Å². The molecule has 0 radical (unpaired) electrons. The van der Waals surface area contributed by atoms with Gasteiger partial charge in [0.05, 0.1) is 19.1 Å². The minimum Gasteiger partial charge on any atom is -0.308 e. The molecule has 1 fully saturated rings. The number of likely N-dealkylation sites (tertiary alicyclic amines) is 1. The fourth-order valence-corrected chi connectivity index (χ4v) is 2.97. The lowest BCUT2D eigenvalue weighted by molar-refractivity contribution is 0.0771. The van der Waals surface area contributed by atoms with E-state index in [9.17, 15) is 0 Å². The maximum Gasteiger partial charge on any atom is 0.254 e. The second-order valence-electron chi connectivity index (χ2n) is 5.74. The first kappa shape index (κ1) is 12.9. The number of hydrogen-bond donors (Lipinski definition) is 0. The van der Waals surface area contributed by atoms with Gasteiger partial charge < -0.3 is 4.85 Å². The van der Waals surface area contributed by atoms with Crippen LogP contribution in [0, 0.1) is 6.57 Å². The molecule has 0 aliphatic carbocycles. The topological polar surface area (TPSA) is 7.60 Å². The molecule has 1 saturated heterocycles. The predicted molar refractivity (Wildman–Crippen MR) is 81.3 cm³/mol. The van der Waals surface area contributed by atoms with Crippen LogP contribution in [0.3, 0.4) is 0 Å². The molecule has 0 atom stereocenters. The van der Waals surface area contributed by atoms with Gasteiger partial charge in [0.1, 0.15) is 0 Å². The van der Waals surface area contributed by atoms with Crippen LogP contribution in [0.15, 0.2) is 60.7 Å². The van der Waals surface area contributed by atoms with E-state index >= 15 is 0 Å². The number of rotatable bonds is 3. The average Bonchev–Trinajstić information content (AvgIpc) is 2.48. The Kier molecular flexibility index (Phi) is 3.30. The van der Waals surface area contributed by atoms with E-state index in [1.165, 1.54) is 11.1 Å². The lowest BCUT2D eigenvalue weighted by Gasteiger charge is -2.44. The van der Waals surface area contributed by atoms with Gasteiger partial charge in [-0.15, -0.1) is 0 Å². The maximum atomic E-state index is 7.30. The van der Waals surface area contributed by atoms with Gasteiger partial charge in [0.15, 0.2) is 0 Å². The Morgan fingerprint density at radius 2 is 1.40 bits per heavy atom. The lowest BCUT2D eigenvalue weighted by atomic mass is 9.87. The molecule has 20 heavy (non-hydrogen) atoms. The zero-order valence-electron chi connectivity index (χ0n) is 11.7. The van der Waals surface area contributed by atoms with Crippen LogP contribution in [0.25, 0.3) is 4.85 Å². The Balaban J connectivity index is 1.93. The molecule has 100 valence electrons. The number of nitrogens with zero attached hydrogens (tertiary/aromatic N) is 2. The van der Waals surface area contributed by atoms with Crippen molar-refractivity contribution in [2.45, 2.75) is 18.5 Å². The van der Waals surface area contributed by atoms with E-state index in [2.05, 4.69) is 58.3 Å². The third-order valence-corrected chi connectivity index (χ3v) is 3.95. The summed E-state index contributed by atoms with van der Waals surface area (Å²) in [5, 5.41) is 0. The van der Waals surface area contributed by atoms with Crippen molar-refractivity contribution in [1.29, 1.82) is 0 Å². The summed E-state index contributed by atoms with van der Waals surface area (Å²) in [7, 11) is 0. The molecular formula is C18H18N2. The monoisotopic (exact) mass is 262 g/mol. The largest absolute Gasteiger partial charge is 0.308 e. The fourth-order valence-electron chi connectivity index (χ4n) is 2.97. The highest BCUT2D eigenvalue weighted by atomic mass is 15.3. The predicted octanol–water partition coefficient (Wildman–Crippen LogP) is 3.77. The molecule has 2 aromatic rings. The first-order valence-corrected chi connectivity index (χ1v) is 6.94. The van der Waals surface area contributed by atoms with Gasteiger partial charge in [0.25, 0.3) is 5.54 Å². The van der Waals surface area contributed by atoms with Crippen LogP contribution in [0.5, 0.6) is 0 Å². The Hall–Kier alpha value is -2.11. The summed E-state index contributed by atoms with van der Waals surface area (Å²) in [6.45, 7) is 11.0. The van der Waals surface area contributed by atoms with Gasteiger partial charge in [-0.25, -0.2) is 6.57 Å². The minimum atomic E-state index is -0.207. The molecule has 0 amide bonds. The lowest BCUT2D eigenvalue weighted by Crippen LogP contribution is -2.58. The van der Waals surface area contributed by atoms with Crippen LogP contribution in [-0.2, 0) is 0 Å². The normalized spacial score (nSPS) is 17.4. The molecule has 3 rings (SSSR count). The Labute approximate surface area is 120 Å². The second kappa shape index (κ2) is 5.11. The van der Waals surface area contributed by atoms with Crippen LogP contribution in [0.1, 0.15) is 24.1 Å². The van der Waals surface area contributed by atoms with Crippen molar-refractivity contribution in [3.63, 3.8) is 0 Å². The highest BCUT2D eigenvalue weighted by Gasteiger charge is 2.48. The summed E-state index contributed by atoms with van der Waals surface area (Å²) >= 11 is 0.